The Morgan fingerprint density at radius 2 is 2.11 bits per heavy atom. The summed E-state index contributed by atoms with van der Waals surface area (Å²) in [4.78, 5) is 2.31. The summed E-state index contributed by atoms with van der Waals surface area (Å²) in [6, 6.07) is 6.40. The second-order valence-electron chi connectivity index (χ2n) is 4.78. The molecule has 1 aromatic rings. The van der Waals surface area contributed by atoms with Crippen molar-refractivity contribution in [2.75, 3.05) is 27.2 Å². The van der Waals surface area contributed by atoms with Crippen molar-refractivity contribution in [3.8, 4) is 5.75 Å². The van der Waals surface area contributed by atoms with E-state index in [1.54, 1.807) is 7.11 Å². The highest BCUT2D eigenvalue weighted by Crippen LogP contribution is 2.23. The third kappa shape index (κ3) is 5.38. The summed E-state index contributed by atoms with van der Waals surface area (Å²) in [6.07, 6.45) is 2.02. The van der Waals surface area contributed by atoms with Crippen LogP contribution in [0, 0.1) is 0 Å². The summed E-state index contributed by atoms with van der Waals surface area (Å²) >= 11 is 3.50. The average Bonchev–Trinajstić information content (AvgIpc) is 2.34. The third-order valence-electron chi connectivity index (χ3n) is 2.97. The van der Waals surface area contributed by atoms with E-state index in [9.17, 15) is 0 Å². The first kappa shape index (κ1) is 15.5. The monoisotopic (exact) mass is 314 g/mol. The van der Waals surface area contributed by atoms with Crippen LogP contribution in [0.3, 0.4) is 0 Å². The number of halogens is 1. The molecular weight excluding hydrogens is 292 g/mol. The molecule has 1 unspecified atom stereocenters. The molecule has 0 aliphatic heterocycles. The average molecular weight is 315 g/mol. The molecule has 1 aromatic carbocycles. The van der Waals surface area contributed by atoms with Gasteiger partial charge in [-0.15, -0.1) is 0 Å². The molecule has 1 atom stereocenters. The molecule has 0 heterocycles. The molecule has 3 nitrogen and oxygen atoms in total. The Kier molecular flexibility index (Phi) is 6.68. The molecule has 0 amide bonds. The number of methoxy groups -OCH3 is 1. The highest BCUT2D eigenvalue weighted by Gasteiger charge is 2.06. The van der Waals surface area contributed by atoms with E-state index < -0.39 is 0 Å². The first-order valence-corrected chi connectivity index (χ1v) is 7.08. The van der Waals surface area contributed by atoms with Gasteiger partial charge in [0.25, 0.3) is 0 Å². The number of ether oxygens (including phenoxy) is 1. The lowest BCUT2D eigenvalue weighted by Crippen LogP contribution is -2.27. The maximum atomic E-state index is 5.76. The first-order chi connectivity index (χ1) is 8.52. The van der Waals surface area contributed by atoms with E-state index in [4.69, 9.17) is 10.5 Å². The second-order valence-corrected chi connectivity index (χ2v) is 5.69. The van der Waals surface area contributed by atoms with Gasteiger partial charge in [0, 0.05) is 17.1 Å². The van der Waals surface area contributed by atoms with Crippen molar-refractivity contribution >= 4 is 15.9 Å². The number of benzene rings is 1. The SMILES string of the molecule is COc1ccc(Br)cc1CCN(C)CCC(C)N. The minimum absolute atomic E-state index is 0.271. The molecule has 0 bridgehead atoms. The van der Waals surface area contributed by atoms with E-state index in [1.807, 2.05) is 19.1 Å². The van der Waals surface area contributed by atoms with Crippen molar-refractivity contribution in [2.24, 2.45) is 5.73 Å². The van der Waals surface area contributed by atoms with Gasteiger partial charge >= 0.3 is 0 Å². The van der Waals surface area contributed by atoms with E-state index >= 15 is 0 Å². The van der Waals surface area contributed by atoms with Gasteiger partial charge in [0.2, 0.25) is 0 Å². The predicted molar refractivity (Wildman–Crippen MR) is 80.2 cm³/mol. The maximum Gasteiger partial charge on any atom is 0.122 e. The van der Waals surface area contributed by atoms with E-state index in [1.165, 1.54) is 5.56 Å². The Bertz CT molecular complexity index is 369. The molecule has 0 aliphatic carbocycles. The van der Waals surface area contributed by atoms with Crippen LogP contribution in [-0.4, -0.2) is 38.2 Å². The van der Waals surface area contributed by atoms with Crippen molar-refractivity contribution in [3.63, 3.8) is 0 Å². The zero-order valence-corrected chi connectivity index (χ0v) is 13.0. The quantitative estimate of drug-likeness (QED) is 0.841. The molecule has 0 saturated carbocycles. The number of nitrogens with two attached hydrogens (primary N) is 1. The fourth-order valence-electron chi connectivity index (χ4n) is 1.79. The van der Waals surface area contributed by atoms with Crippen LogP contribution in [0.2, 0.25) is 0 Å². The smallest absolute Gasteiger partial charge is 0.122 e. The van der Waals surface area contributed by atoms with E-state index in [0.29, 0.717) is 0 Å². The van der Waals surface area contributed by atoms with E-state index in [2.05, 4.69) is 33.9 Å². The minimum Gasteiger partial charge on any atom is -0.496 e. The summed E-state index contributed by atoms with van der Waals surface area (Å²) < 4.78 is 6.47. The molecule has 0 aromatic heterocycles. The minimum atomic E-state index is 0.271. The number of hydrogen-bond donors (Lipinski definition) is 1. The standard InChI is InChI=1S/C14H23BrN2O/c1-11(16)6-8-17(2)9-7-12-10-13(15)4-5-14(12)18-3/h4-5,10-11H,6-9,16H2,1-3H3. The van der Waals surface area contributed by atoms with Gasteiger partial charge in [0.15, 0.2) is 0 Å². The van der Waals surface area contributed by atoms with Gasteiger partial charge in [-0.2, -0.15) is 0 Å². The van der Waals surface area contributed by atoms with Crippen molar-refractivity contribution in [3.05, 3.63) is 28.2 Å². The fraction of sp³-hybridized carbons (Fsp3) is 0.571. The lowest BCUT2D eigenvalue weighted by molar-refractivity contribution is 0.322. The van der Waals surface area contributed by atoms with Gasteiger partial charge < -0.3 is 15.4 Å². The van der Waals surface area contributed by atoms with Crippen LogP contribution in [0.25, 0.3) is 0 Å². The van der Waals surface area contributed by atoms with Gasteiger partial charge in [-0.3, -0.25) is 0 Å². The topological polar surface area (TPSA) is 38.5 Å². The predicted octanol–water partition coefficient (Wildman–Crippen LogP) is 2.67. The number of rotatable bonds is 7. The summed E-state index contributed by atoms with van der Waals surface area (Å²) in [6.45, 7) is 4.10. The Balaban J connectivity index is 2.49. The highest BCUT2D eigenvalue weighted by atomic mass is 79.9. The lowest BCUT2D eigenvalue weighted by atomic mass is 10.1. The Labute approximate surface area is 118 Å². The van der Waals surface area contributed by atoms with Crippen molar-refractivity contribution in [1.29, 1.82) is 0 Å². The summed E-state index contributed by atoms with van der Waals surface area (Å²) in [5, 5.41) is 0. The van der Waals surface area contributed by atoms with E-state index in [0.717, 1.165) is 36.2 Å². The normalized spacial score (nSPS) is 12.8. The van der Waals surface area contributed by atoms with Gasteiger partial charge in [-0.1, -0.05) is 15.9 Å². The molecule has 0 saturated heterocycles. The molecule has 2 N–H and O–H groups in total. The first-order valence-electron chi connectivity index (χ1n) is 6.29. The zero-order valence-electron chi connectivity index (χ0n) is 11.4. The Hall–Kier alpha value is -0.580. The fourth-order valence-corrected chi connectivity index (χ4v) is 2.20. The zero-order chi connectivity index (χ0) is 13.5. The maximum absolute atomic E-state index is 5.76. The van der Waals surface area contributed by atoms with E-state index in [-0.39, 0.29) is 6.04 Å². The second kappa shape index (κ2) is 7.77. The third-order valence-corrected chi connectivity index (χ3v) is 3.46. The molecule has 0 aliphatic rings. The molecule has 1 rings (SSSR count). The van der Waals surface area contributed by atoms with Crippen LogP contribution in [-0.2, 0) is 6.42 Å². The molecule has 0 spiro atoms. The van der Waals surface area contributed by atoms with Crippen molar-refractivity contribution < 1.29 is 4.74 Å². The van der Waals surface area contributed by atoms with Crippen LogP contribution in [0.5, 0.6) is 5.75 Å². The lowest BCUT2D eigenvalue weighted by Gasteiger charge is -2.18. The van der Waals surface area contributed by atoms with Crippen LogP contribution in [0.1, 0.15) is 18.9 Å². The number of hydrogen-bond acceptors (Lipinski definition) is 3. The number of nitrogens with zero attached hydrogens (tertiary/aromatic N) is 1. The van der Waals surface area contributed by atoms with Crippen LogP contribution in [0.15, 0.2) is 22.7 Å². The molecule has 102 valence electrons. The Morgan fingerprint density at radius 3 is 2.72 bits per heavy atom. The summed E-state index contributed by atoms with van der Waals surface area (Å²) in [5.41, 5.74) is 7.00. The molecule has 4 heteroatoms. The molecule has 0 fully saturated rings. The van der Waals surface area contributed by atoms with Crippen molar-refractivity contribution in [1.82, 2.24) is 4.90 Å². The molecule has 0 radical (unpaired) electrons. The van der Waals surface area contributed by atoms with Crippen LogP contribution in [0.4, 0.5) is 0 Å². The van der Waals surface area contributed by atoms with Gasteiger partial charge in [0.05, 0.1) is 7.11 Å². The Morgan fingerprint density at radius 1 is 1.39 bits per heavy atom. The summed E-state index contributed by atoms with van der Waals surface area (Å²) in [7, 11) is 3.85. The van der Waals surface area contributed by atoms with Gasteiger partial charge in [0.1, 0.15) is 5.75 Å². The van der Waals surface area contributed by atoms with Gasteiger partial charge in [-0.05, 0) is 57.1 Å². The van der Waals surface area contributed by atoms with Crippen LogP contribution >= 0.6 is 15.9 Å². The summed E-state index contributed by atoms with van der Waals surface area (Å²) in [5.74, 6) is 0.957. The van der Waals surface area contributed by atoms with Crippen molar-refractivity contribution in [2.45, 2.75) is 25.8 Å². The highest BCUT2D eigenvalue weighted by molar-refractivity contribution is 9.10. The number of likely N-dealkylation sites (N-methyl/N-ethyl adjacent to an activating group) is 1. The van der Waals surface area contributed by atoms with Crippen LogP contribution < -0.4 is 10.5 Å². The van der Waals surface area contributed by atoms with Gasteiger partial charge in [-0.25, -0.2) is 0 Å². The molecular formula is C14H23BrN2O. The molecule has 18 heavy (non-hydrogen) atoms. The largest absolute Gasteiger partial charge is 0.496 e.